The molecule has 0 saturated carbocycles. The van der Waals surface area contributed by atoms with Gasteiger partial charge in [0.15, 0.2) is 5.44 Å². The fourth-order valence-electron chi connectivity index (χ4n) is 3.69. The Morgan fingerprint density at radius 1 is 1.00 bits per heavy atom. The number of aliphatic hydroxyl groups excluding tert-OH is 3. The molecule has 0 amide bonds. The Bertz CT molecular complexity index is 1060. The zero-order valence-electron chi connectivity index (χ0n) is 21.0. The fraction of sp³-hybridized carbons (Fsp3) is 0.542. The van der Waals surface area contributed by atoms with Gasteiger partial charge in [-0.15, -0.1) is 16.9 Å². The van der Waals surface area contributed by atoms with E-state index in [1.165, 1.54) is 0 Å². The molecule has 0 unspecified atom stereocenters. The molecule has 37 heavy (non-hydrogen) atoms. The maximum absolute atomic E-state index is 12.5. The van der Waals surface area contributed by atoms with Gasteiger partial charge in [-0.2, -0.15) is 4.68 Å². The number of rotatable bonds is 9. The molecule has 3 N–H and O–H groups in total. The fourth-order valence-corrected chi connectivity index (χ4v) is 4.97. The predicted octanol–water partition coefficient (Wildman–Crippen LogP) is 1.87. The van der Waals surface area contributed by atoms with Crippen molar-refractivity contribution in [3.8, 4) is 11.6 Å². The van der Waals surface area contributed by atoms with Gasteiger partial charge in [0.1, 0.15) is 24.6 Å². The zero-order chi connectivity index (χ0) is 27.1. The molecule has 1 aliphatic rings. The van der Waals surface area contributed by atoms with Crippen LogP contribution in [-0.4, -0.2) is 93.3 Å². The van der Waals surface area contributed by atoms with E-state index >= 15 is 0 Å². The second kappa shape index (κ2) is 13.0. The first-order valence-electron chi connectivity index (χ1n) is 11.7. The Hall–Kier alpha value is -3.00. The molecule has 0 bridgehead atoms. The number of thioether (sulfide) groups is 1. The van der Waals surface area contributed by atoms with Crippen molar-refractivity contribution in [1.29, 1.82) is 0 Å². The lowest BCUT2D eigenvalue weighted by atomic mass is 10.0. The van der Waals surface area contributed by atoms with E-state index in [-0.39, 0.29) is 25.7 Å². The number of ether oxygens (including phenoxy) is 5. The Balaban J connectivity index is 1.87. The van der Waals surface area contributed by atoms with E-state index in [2.05, 4.69) is 5.10 Å². The average molecular weight is 541 g/mol. The number of aliphatic hydroxyl groups is 3. The number of hydrogen-bond acceptors (Lipinski definition) is 12. The van der Waals surface area contributed by atoms with Crippen LogP contribution in [0, 0.1) is 6.92 Å². The van der Waals surface area contributed by atoms with Crippen LogP contribution in [0.3, 0.4) is 0 Å². The third-order valence-corrected chi connectivity index (χ3v) is 7.12. The Morgan fingerprint density at radius 3 is 2.30 bits per heavy atom. The van der Waals surface area contributed by atoms with Crippen LogP contribution >= 0.6 is 11.8 Å². The van der Waals surface area contributed by atoms with Gasteiger partial charge in [0.25, 0.3) is 0 Å². The summed E-state index contributed by atoms with van der Waals surface area (Å²) in [6, 6.07) is 7.31. The minimum absolute atomic E-state index is 0.0478. The molecule has 3 rings (SSSR count). The van der Waals surface area contributed by atoms with Crippen LogP contribution in [0.5, 0.6) is 11.6 Å². The number of methoxy groups -OCH3 is 1. The molecule has 0 aliphatic carbocycles. The van der Waals surface area contributed by atoms with Crippen LogP contribution < -0.4 is 9.47 Å². The Labute approximate surface area is 218 Å². The SMILES string of the molecule is CCOC(=O)OC[C@H]1S[C@@H](Oc2nn(C(=O)OCC)c(C)c2Cc2ccc(OC)cc2)[C@H](O)[C@@H](O)[C@@H]1O. The normalized spacial score (nSPS) is 23.3. The van der Waals surface area contributed by atoms with Crippen molar-refractivity contribution in [3.05, 3.63) is 41.1 Å². The maximum atomic E-state index is 12.5. The van der Waals surface area contributed by atoms with Gasteiger partial charge < -0.3 is 39.0 Å². The molecule has 1 fully saturated rings. The zero-order valence-corrected chi connectivity index (χ0v) is 21.8. The van der Waals surface area contributed by atoms with Crippen LogP contribution in [0.25, 0.3) is 0 Å². The van der Waals surface area contributed by atoms with Gasteiger partial charge in [-0.3, -0.25) is 0 Å². The van der Waals surface area contributed by atoms with Gasteiger partial charge >= 0.3 is 12.2 Å². The number of carbonyl (C=O) groups is 2. The van der Waals surface area contributed by atoms with Gasteiger partial charge in [-0.25, -0.2) is 9.59 Å². The first kappa shape index (κ1) is 28.6. The first-order chi connectivity index (χ1) is 17.7. The van der Waals surface area contributed by atoms with E-state index < -0.39 is 41.2 Å². The summed E-state index contributed by atoms with van der Waals surface area (Å²) in [6.07, 6.45) is -5.76. The number of benzene rings is 1. The lowest BCUT2D eigenvalue weighted by Crippen LogP contribution is -2.55. The molecule has 1 saturated heterocycles. The summed E-state index contributed by atoms with van der Waals surface area (Å²) in [5.74, 6) is 0.732. The molecule has 2 aromatic rings. The molecule has 1 aromatic carbocycles. The second-order valence-electron chi connectivity index (χ2n) is 8.13. The molecule has 1 aliphatic heterocycles. The lowest BCUT2D eigenvalue weighted by molar-refractivity contribution is -0.0928. The van der Waals surface area contributed by atoms with Gasteiger partial charge in [0.05, 0.1) is 37.4 Å². The van der Waals surface area contributed by atoms with Crippen molar-refractivity contribution in [2.75, 3.05) is 26.9 Å². The topological polar surface area (TPSA) is 159 Å². The van der Waals surface area contributed by atoms with Crippen LogP contribution in [0.15, 0.2) is 24.3 Å². The number of carbonyl (C=O) groups excluding carboxylic acids is 2. The van der Waals surface area contributed by atoms with Crippen molar-refractivity contribution in [1.82, 2.24) is 9.78 Å². The van der Waals surface area contributed by atoms with Crippen molar-refractivity contribution < 1.29 is 48.6 Å². The van der Waals surface area contributed by atoms with Crippen LogP contribution in [-0.2, 0) is 20.6 Å². The van der Waals surface area contributed by atoms with Gasteiger partial charge in [-0.05, 0) is 38.5 Å². The molecule has 5 atom stereocenters. The lowest BCUT2D eigenvalue weighted by Gasteiger charge is -2.39. The molecule has 0 radical (unpaired) electrons. The Morgan fingerprint density at radius 2 is 1.68 bits per heavy atom. The van der Waals surface area contributed by atoms with Crippen LogP contribution in [0.1, 0.15) is 30.7 Å². The van der Waals surface area contributed by atoms with E-state index in [1.807, 2.05) is 12.1 Å². The molecule has 12 nitrogen and oxygen atoms in total. The standard InChI is InChI=1S/C24H32N2O10S/c1-5-33-23(30)26-13(3)16(11-14-7-9-15(32-4)10-8-14)21(25-26)36-22-20(29)19(28)18(27)17(37-22)12-35-24(31)34-6-2/h7-10,17-20,22,27-29H,5-6,11-12H2,1-4H3/t17-,18-,19+,20-,22-/m1/s1. The average Bonchev–Trinajstić information content (AvgIpc) is 3.19. The molecule has 1 aromatic heterocycles. The van der Waals surface area contributed by atoms with Crippen molar-refractivity contribution >= 4 is 24.0 Å². The Kier molecular flexibility index (Phi) is 10.0. The third kappa shape index (κ3) is 6.86. The molecular weight excluding hydrogens is 508 g/mol. The quantitative estimate of drug-likeness (QED) is 0.397. The number of nitrogens with zero attached hydrogens (tertiary/aromatic N) is 2. The number of hydrogen-bond donors (Lipinski definition) is 3. The van der Waals surface area contributed by atoms with Crippen molar-refractivity contribution in [3.63, 3.8) is 0 Å². The van der Waals surface area contributed by atoms with Crippen LogP contribution in [0.4, 0.5) is 9.59 Å². The van der Waals surface area contributed by atoms with E-state index in [1.54, 1.807) is 40.0 Å². The highest BCUT2D eigenvalue weighted by Gasteiger charge is 2.45. The van der Waals surface area contributed by atoms with E-state index in [9.17, 15) is 24.9 Å². The molecule has 0 spiro atoms. The first-order valence-corrected chi connectivity index (χ1v) is 12.7. The maximum Gasteiger partial charge on any atom is 0.508 e. The van der Waals surface area contributed by atoms with E-state index in [0.717, 1.165) is 22.0 Å². The van der Waals surface area contributed by atoms with Gasteiger partial charge in [0, 0.05) is 12.0 Å². The van der Waals surface area contributed by atoms with E-state index in [4.69, 9.17) is 23.7 Å². The summed E-state index contributed by atoms with van der Waals surface area (Å²) in [5.41, 5.74) is 0.812. The summed E-state index contributed by atoms with van der Waals surface area (Å²) in [6.45, 7) is 4.96. The monoisotopic (exact) mass is 540 g/mol. The summed E-state index contributed by atoms with van der Waals surface area (Å²) in [4.78, 5) is 24.1. The highest BCUT2D eigenvalue weighted by Crippen LogP contribution is 2.36. The van der Waals surface area contributed by atoms with Crippen molar-refractivity contribution in [2.45, 2.75) is 56.2 Å². The summed E-state index contributed by atoms with van der Waals surface area (Å²) >= 11 is 0.963. The van der Waals surface area contributed by atoms with Crippen molar-refractivity contribution in [2.24, 2.45) is 0 Å². The third-order valence-electron chi connectivity index (χ3n) is 5.71. The number of aromatic nitrogens is 2. The molecule has 13 heteroatoms. The molecule has 204 valence electrons. The minimum Gasteiger partial charge on any atom is -0.497 e. The minimum atomic E-state index is -1.58. The summed E-state index contributed by atoms with van der Waals surface area (Å²) in [7, 11) is 1.57. The van der Waals surface area contributed by atoms with Crippen LogP contribution in [0.2, 0.25) is 0 Å². The second-order valence-corrected chi connectivity index (χ2v) is 9.47. The highest BCUT2D eigenvalue weighted by molar-refractivity contribution is 8.00. The largest absolute Gasteiger partial charge is 0.508 e. The molecule has 2 heterocycles. The van der Waals surface area contributed by atoms with E-state index in [0.29, 0.717) is 23.4 Å². The predicted molar refractivity (Wildman–Crippen MR) is 132 cm³/mol. The summed E-state index contributed by atoms with van der Waals surface area (Å²) < 4.78 is 27.1. The smallest absolute Gasteiger partial charge is 0.497 e. The summed E-state index contributed by atoms with van der Waals surface area (Å²) in [5, 5.41) is 34.9. The molecular formula is C24H32N2O10S. The van der Waals surface area contributed by atoms with Gasteiger partial charge in [0.2, 0.25) is 5.88 Å². The highest BCUT2D eigenvalue weighted by atomic mass is 32.2. The van der Waals surface area contributed by atoms with Gasteiger partial charge in [-0.1, -0.05) is 12.1 Å².